The van der Waals surface area contributed by atoms with Crippen LogP contribution in [0.1, 0.15) is 18.4 Å². The molecule has 1 fully saturated rings. The van der Waals surface area contributed by atoms with Crippen molar-refractivity contribution >= 4 is 23.4 Å². The molecule has 1 aromatic heterocycles. The van der Waals surface area contributed by atoms with E-state index in [0.29, 0.717) is 0 Å². The van der Waals surface area contributed by atoms with Crippen LogP contribution < -0.4 is 0 Å². The highest BCUT2D eigenvalue weighted by Crippen LogP contribution is 2.29. The number of nitrogens with zero attached hydrogens (tertiary/aromatic N) is 3. The fourth-order valence-corrected chi connectivity index (χ4v) is 4.12. The smallest absolute Gasteiger partial charge is 0.191 e. The standard InChI is InChI=1S/C20H20ClN3OS/c21-17-10-8-16(9-11-17)19-22-23-20(24(19)13-18-7-4-12-25-18)26-14-15-5-2-1-3-6-15/h1-3,5-6,8-11,18H,4,7,12-14H2/t18-/m0/s1. The Hall–Kier alpha value is -1.82. The first kappa shape index (κ1) is 17.6. The van der Waals surface area contributed by atoms with Crippen LogP contribution in [0.25, 0.3) is 11.4 Å². The zero-order chi connectivity index (χ0) is 17.8. The molecule has 4 rings (SSSR count). The van der Waals surface area contributed by atoms with Crippen LogP contribution in [-0.4, -0.2) is 27.5 Å². The van der Waals surface area contributed by atoms with E-state index in [1.807, 2.05) is 30.3 Å². The van der Waals surface area contributed by atoms with Crippen LogP contribution in [0.3, 0.4) is 0 Å². The first-order chi connectivity index (χ1) is 12.8. The van der Waals surface area contributed by atoms with Gasteiger partial charge in [-0.05, 0) is 42.7 Å². The highest BCUT2D eigenvalue weighted by molar-refractivity contribution is 7.98. The van der Waals surface area contributed by atoms with Gasteiger partial charge in [-0.3, -0.25) is 4.57 Å². The molecule has 4 nitrogen and oxygen atoms in total. The Balaban J connectivity index is 1.60. The molecule has 134 valence electrons. The van der Waals surface area contributed by atoms with Crippen molar-refractivity contribution in [2.75, 3.05) is 6.61 Å². The molecule has 1 aliphatic rings. The summed E-state index contributed by atoms with van der Waals surface area (Å²) in [7, 11) is 0. The summed E-state index contributed by atoms with van der Waals surface area (Å²) in [5.41, 5.74) is 2.30. The van der Waals surface area contributed by atoms with Gasteiger partial charge in [-0.1, -0.05) is 53.7 Å². The van der Waals surface area contributed by atoms with Gasteiger partial charge < -0.3 is 4.74 Å². The molecule has 3 aromatic rings. The number of halogens is 1. The lowest BCUT2D eigenvalue weighted by Gasteiger charge is -2.14. The largest absolute Gasteiger partial charge is 0.376 e. The average Bonchev–Trinajstić information content (AvgIpc) is 3.32. The van der Waals surface area contributed by atoms with E-state index in [-0.39, 0.29) is 6.10 Å². The Labute approximate surface area is 162 Å². The summed E-state index contributed by atoms with van der Waals surface area (Å²) in [5.74, 6) is 1.73. The highest BCUT2D eigenvalue weighted by atomic mass is 35.5. The molecular weight excluding hydrogens is 366 g/mol. The molecular formula is C20H20ClN3OS. The van der Waals surface area contributed by atoms with Gasteiger partial charge in [0, 0.05) is 22.9 Å². The molecule has 1 aliphatic heterocycles. The van der Waals surface area contributed by atoms with Crippen LogP contribution >= 0.6 is 23.4 Å². The van der Waals surface area contributed by atoms with Crippen molar-refractivity contribution in [1.29, 1.82) is 0 Å². The van der Waals surface area contributed by atoms with Gasteiger partial charge in [-0.15, -0.1) is 10.2 Å². The topological polar surface area (TPSA) is 39.9 Å². The summed E-state index contributed by atoms with van der Waals surface area (Å²) in [6.07, 6.45) is 2.43. The third-order valence-electron chi connectivity index (χ3n) is 4.44. The van der Waals surface area contributed by atoms with Crippen molar-refractivity contribution in [2.24, 2.45) is 0 Å². The maximum atomic E-state index is 6.03. The number of thioether (sulfide) groups is 1. The van der Waals surface area contributed by atoms with Crippen molar-refractivity contribution in [2.45, 2.75) is 36.4 Å². The van der Waals surface area contributed by atoms with E-state index in [4.69, 9.17) is 16.3 Å². The summed E-state index contributed by atoms with van der Waals surface area (Å²) >= 11 is 7.74. The average molecular weight is 386 g/mol. The van der Waals surface area contributed by atoms with Gasteiger partial charge in [0.2, 0.25) is 0 Å². The van der Waals surface area contributed by atoms with Gasteiger partial charge in [0.25, 0.3) is 0 Å². The molecule has 2 aromatic carbocycles. The van der Waals surface area contributed by atoms with Gasteiger partial charge in [0.15, 0.2) is 11.0 Å². The minimum atomic E-state index is 0.230. The van der Waals surface area contributed by atoms with Crippen LogP contribution in [0.15, 0.2) is 59.8 Å². The van der Waals surface area contributed by atoms with E-state index in [2.05, 4.69) is 39.0 Å². The first-order valence-electron chi connectivity index (χ1n) is 8.77. The molecule has 1 atom stereocenters. The summed E-state index contributed by atoms with van der Waals surface area (Å²) in [6, 6.07) is 18.2. The summed E-state index contributed by atoms with van der Waals surface area (Å²) in [5, 5.41) is 10.6. The molecule has 0 spiro atoms. The molecule has 2 heterocycles. The third-order valence-corrected chi connectivity index (χ3v) is 5.73. The van der Waals surface area contributed by atoms with Gasteiger partial charge in [0.05, 0.1) is 12.6 Å². The lowest BCUT2D eigenvalue weighted by Crippen LogP contribution is -2.16. The third kappa shape index (κ3) is 4.11. The second-order valence-corrected chi connectivity index (χ2v) is 7.71. The van der Waals surface area contributed by atoms with Crippen molar-refractivity contribution < 1.29 is 4.74 Å². The number of hydrogen-bond donors (Lipinski definition) is 0. The lowest BCUT2D eigenvalue weighted by atomic mass is 10.2. The predicted molar refractivity (Wildman–Crippen MR) is 105 cm³/mol. The molecule has 0 bridgehead atoms. The van der Waals surface area contributed by atoms with E-state index < -0.39 is 0 Å². The molecule has 0 N–H and O–H groups in total. The zero-order valence-corrected chi connectivity index (χ0v) is 15.9. The highest BCUT2D eigenvalue weighted by Gasteiger charge is 2.21. The SMILES string of the molecule is Clc1ccc(-c2nnc(SCc3ccccc3)n2C[C@@H]2CCCO2)cc1. The van der Waals surface area contributed by atoms with Gasteiger partial charge in [-0.25, -0.2) is 0 Å². The number of rotatable bonds is 6. The normalized spacial score (nSPS) is 16.9. The molecule has 0 radical (unpaired) electrons. The van der Waals surface area contributed by atoms with Crippen molar-refractivity contribution in [3.63, 3.8) is 0 Å². The molecule has 6 heteroatoms. The summed E-state index contributed by atoms with van der Waals surface area (Å²) in [6.45, 7) is 1.62. The summed E-state index contributed by atoms with van der Waals surface area (Å²) in [4.78, 5) is 0. The first-order valence-corrected chi connectivity index (χ1v) is 10.1. The van der Waals surface area contributed by atoms with Crippen LogP contribution in [0.4, 0.5) is 0 Å². The Bertz CT molecular complexity index is 845. The quantitative estimate of drug-likeness (QED) is 0.555. The second kappa shape index (κ2) is 8.25. The minimum Gasteiger partial charge on any atom is -0.376 e. The van der Waals surface area contributed by atoms with Crippen molar-refractivity contribution in [1.82, 2.24) is 14.8 Å². The molecule has 0 unspecified atom stereocenters. The molecule has 1 saturated heterocycles. The zero-order valence-electron chi connectivity index (χ0n) is 14.3. The Kier molecular flexibility index (Phi) is 5.58. The van der Waals surface area contributed by atoms with Crippen LogP contribution in [0, 0.1) is 0 Å². The monoisotopic (exact) mass is 385 g/mol. The van der Waals surface area contributed by atoms with Crippen molar-refractivity contribution in [3.05, 3.63) is 65.2 Å². The van der Waals surface area contributed by atoms with E-state index >= 15 is 0 Å². The summed E-state index contributed by atoms with van der Waals surface area (Å²) < 4.78 is 8.03. The number of ether oxygens (including phenoxy) is 1. The minimum absolute atomic E-state index is 0.230. The van der Waals surface area contributed by atoms with E-state index in [1.165, 1.54) is 5.56 Å². The van der Waals surface area contributed by atoms with Gasteiger partial charge >= 0.3 is 0 Å². The van der Waals surface area contributed by atoms with Crippen LogP contribution in [0.5, 0.6) is 0 Å². The van der Waals surface area contributed by atoms with E-state index in [9.17, 15) is 0 Å². The maximum absolute atomic E-state index is 6.03. The molecule has 26 heavy (non-hydrogen) atoms. The van der Waals surface area contributed by atoms with E-state index in [1.54, 1.807) is 11.8 Å². The van der Waals surface area contributed by atoms with Crippen molar-refractivity contribution in [3.8, 4) is 11.4 Å². The van der Waals surface area contributed by atoms with Crippen LogP contribution in [0.2, 0.25) is 5.02 Å². The molecule has 0 saturated carbocycles. The Morgan fingerprint density at radius 3 is 2.62 bits per heavy atom. The number of benzene rings is 2. The fraction of sp³-hybridized carbons (Fsp3) is 0.300. The predicted octanol–water partition coefficient (Wildman–Crippen LogP) is 5.07. The lowest BCUT2D eigenvalue weighted by molar-refractivity contribution is 0.0953. The number of hydrogen-bond acceptors (Lipinski definition) is 4. The molecule has 0 amide bonds. The Morgan fingerprint density at radius 1 is 1.08 bits per heavy atom. The maximum Gasteiger partial charge on any atom is 0.191 e. The van der Waals surface area contributed by atoms with Gasteiger partial charge in [0.1, 0.15) is 0 Å². The van der Waals surface area contributed by atoms with Gasteiger partial charge in [-0.2, -0.15) is 0 Å². The fourth-order valence-electron chi connectivity index (χ4n) is 3.09. The number of aromatic nitrogens is 3. The second-order valence-electron chi connectivity index (χ2n) is 6.33. The van der Waals surface area contributed by atoms with Crippen LogP contribution in [-0.2, 0) is 17.0 Å². The molecule has 0 aliphatic carbocycles. The van der Waals surface area contributed by atoms with E-state index in [0.717, 1.165) is 53.3 Å². The Morgan fingerprint density at radius 2 is 1.88 bits per heavy atom.